The smallest absolute Gasteiger partial charge is 0.399 e. The molecule has 6 heteroatoms. The fourth-order valence-corrected chi connectivity index (χ4v) is 3.16. The highest BCUT2D eigenvalue weighted by Crippen LogP contribution is 2.42. The van der Waals surface area contributed by atoms with E-state index in [1.54, 1.807) is 12.1 Å². The molecule has 3 rings (SSSR count). The third-order valence-electron chi connectivity index (χ3n) is 4.11. The predicted octanol–water partition coefficient (Wildman–Crippen LogP) is 4.00. The Morgan fingerprint density at radius 3 is 2.65 bits per heavy atom. The molecule has 1 heterocycles. The van der Waals surface area contributed by atoms with Crippen LogP contribution in [0.3, 0.4) is 0 Å². The number of aromatic nitrogens is 2. The van der Waals surface area contributed by atoms with Gasteiger partial charge in [0.15, 0.2) is 0 Å². The van der Waals surface area contributed by atoms with Crippen molar-refractivity contribution in [3.05, 3.63) is 24.0 Å². The van der Waals surface area contributed by atoms with Gasteiger partial charge in [0.1, 0.15) is 0 Å². The number of nitrogens with zero attached hydrogens (tertiary/aromatic N) is 2. The van der Waals surface area contributed by atoms with E-state index in [0.717, 1.165) is 19.3 Å². The molecule has 0 aliphatic heterocycles. The lowest BCUT2D eigenvalue weighted by molar-refractivity contribution is -0.147. The Kier molecular flexibility index (Phi) is 2.92. The van der Waals surface area contributed by atoms with E-state index in [1.807, 2.05) is 6.92 Å². The van der Waals surface area contributed by atoms with Crippen LogP contribution in [-0.4, -0.2) is 9.55 Å². The third kappa shape index (κ3) is 2.03. The summed E-state index contributed by atoms with van der Waals surface area (Å²) in [5, 5.41) is 0. The van der Waals surface area contributed by atoms with E-state index < -0.39 is 12.0 Å². The van der Waals surface area contributed by atoms with Gasteiger partial charge in [0.2, 0.25) is 5.82 Å². The van der Waals surface area contributed by atoms with Crippen LogP contribution >= 0.6 is 0 Å². The zero-order valence-corrected chi connectivity index (χ0v) is 11.1. The molecular weight excluding hydrogens is 267 g/mol. The maximum absolute atomic E-state index is 13.3. The Bertz CT molecular complexity index is 645. The molecule has 20 heavy (non-hydrogen) atoms. The summed E-state index contributed by atoms with van der Waals surface area (Å²) in [6.07, 6.45) is -1.77. The van der Waals surface area contributed by atoms with Gasteiger partial charge in [-0.1, -0.05) is 13.3 Å². The molecular formula is C14H16F3N3. The van der Waals surface area contributed by atoms with E-state index in [-0.39, 0.29) is 12.0 Å². The molecule has 0 saturated heterocycles. The van der Waals surface area contributed by atoms with Crippen molar-refractivity contribution in [2.75, 3.05) is 5.73 Å². The molecule has 1 aromatic carbocycles. The van der Waals surface area contributed by atoms with Crippen molar-refractivity contribution < 1.29 is 13.2 Å². The highest BCUT2D eigenvalue weighted by atomic mass is 19.4. The Morgan fingerprint density at radius 1 is 1.30 bits per heavy atom. The molecule has 1 fully saturated rings. The molecule has 1 aliphatic carbocycles. The van der Waals surface area contributed by atoms with E-state index in [0.29, 0.717) is 16.7 Å². The van der Waals surface area contributed by atoms with Gasteiger partial charge < -0.3 is 10.3 Å². The molecule has 108 valence electrons. The molecule has 1 aliphatic rings. The number of anilines is 1. The van der Waals surface area contributed by atoms with Crippen LogP contribution in [0.5, 0.6) is 0 Å². The fourth-order valence-electron chi connectivity index (χ4n) is 3.16. The molecule has 1 aromatic heterocycles. The standard InChI is InChI=1S/C14H16F3N3/c1-8-3-2-4-11(8)20-12-6-5-9(18)7-10(12)19-13(20)14(15,16)17/h5-8,11H,2-4,18H2,1H3. The highest BCUT2D eigenvalue weighted by molar-refractivity contribution is 5.80. The first kappa shape index (κ1) is 13.3. The first-order chi connectivity index (χ1) is 9.38. The van der Waals surface area contributed by atoms with Crippen LogP contribution in [0, 0.1) is 5.92 Å². The van der Waals surface area contributed by atoms with Crippen molar-refractivity contribution in [2.45, 2.75) is 38.4 Å². The number of imidazole rings is 1. The number of nitrogens with two attached hydrogens (primary N) is 1. The van der Waals surface area contributed by atoms with Crippen LogP contribution < -0.4 is 5.73 Å². The summed E-state index contributed by atoms with van der Waals surface area (Å²) in [6, 6.07) is 4.62. The van der Waals surface area contributed by atoms with Gasteiger partial charge in [0.25, 0.3) is 0 Å². The van der Waals surface area contributed by atoms with Crippen molar-refractivity contribution in [2.24, 2.45) is 5.92 Å². The molecule has 0 bridgehead atoms. The number of alkyl halides is 3. The van der Waals surface area contributed by atoms with Gasteiger partial charge in [0.05, 0.1) is 11.0 Å². The van der Waals surface area contributed by atoms with Crippen molar-refractivity contribution in [1.29, 1.82) is 0 Å². The maximum atomic E-state index is 13.3. The number of hydrogen-bond acceptors (Lipinski definition) is 2. The molecule has 1 saturated carbocycles. The van der Waals surface area contributed by atoms with Gasteiger partial charge in [0, 0.05) is 11.7 Å². The lowest BCUT2D eigenvalue weighted by atomic mass is 10.1. The zero-order chi connectivity index (χ0) is 14.5. The Hall–Kier alpha value is -1.72. The monoisotopic (exact) mass is 283 g/mol. The number of hydrogen-bond donors (Lipinski definition) is 1. The van der Waals surface area contributed by atoms with Crippen LogP contribution in [0.15, 0.2) is 18.2 Å². The van der Waals surface area contributed by atoms with E-state index in [1.165, 1.54) is 10.6 Å². The van der Waals surface area contributed by atoms with Crippen molar-refractivity contribution in [3.63, 3.8) is 0 Å². The summed E-state index contributed by atoms with van der Waals surface area (Å²) in [7, 11) is 0. The number of rotatable bonds is 1. The van der Waals surface area contributed by atoms with E-state index in [2.05, 4.69) is 4.98 Å². The van der Waals surface area contributed by atoms with Crippen LogP contribution in [0.4, 0.5) is 18.9 Å². The van der Waals surface area contributed by atoms with Gasteiger partial charge in [-0.25, -0.2) is 4.98 Å². The fraction of sp³-hybridized carbons (Fsp3) is 0.500. The summed E-state index contributed by atoms with van der Waals surface area (Å²) in [5.41, 5.74) is 6.90. The summed E-state index contributed by atoms with van der Waals surface area (Å²) >= 11 is 0. The molecule has 2 unspecified atom stereocenters. The number of nitrogen functional groups attached to an aromatic ring is 1. The Morgan fingerprint density at radius 2 is 2.05 bits per heavy atom. The molecule has 2 N–H and O–H groups in total. The molecule has 0 radical (unpaired) electrons. The highest BCUT2D eigenvalue weighted by Gasteiger charge is 2.41. The largest absolute Gasteiger partial charge is 0.449 e. The Labute approximate surface area is 114 Å². The van der Waals surface area contributed by atoms with Crippen molar-refractivity contribution in [3.8, 4) is 0 Å². The first-order valence-electron chi connectivity index (χ1n) is 6.72. The number of fused-ring (bicyclic) bond motifs is 1. The molecule has 2 atom stereocenters. The van der Waals surface area contributed by atoms with Crippen LogP contribution in [-0.2, 0) is 6.18 Å². The summed E-state index contributed by atoms with van der Waals surface area (Å²) < 4.78 is 41.1. The quantitative estimate of drug-likeness (QED) is 0.804. The molecule has 3 nitrogen and oxygen atoms in total. The second-order valence-corrected chi connectivity index (χ2v) is 5.53. The van der Waals surface area contributed by atoms with Gasteiger partial charge >= 0.3 is 6.18 Å². The number of benzene rings is 1. The predicted molar refractivity (Wildman–Crippen MR) is 71.2 cm³/mol. The second kappa shape index (κ2) is 4.40. The average Bonchev–Trinajstić information content (AvgIpc) is 2.91. The van der Waals surface area contributed by atoms with E-state index in [9.17, 15) is 13.2 Å². The van der Waals surface area contributed by atoms with E-state index in [4.69, 9.17) is 5.73 Å². The normalized spacial score (nSPS) is 23.6. The van der Waals surface area contributed by atoms with E-state index >= 15 is 0 Å². The molecule has 2 aromatic rings. The SMILES string of the molecule is CC1CCCC1n1c(C(F)(F)F)nc2cc(N)ccc21. The van der Waals surface area contributed by atoms with Crippen LogP contribution in [0.1, 0.15) is 38.1 Å². The average molecular weight is 283 g/mol. The van der Waals surface area contributed by atoms with Crippen LogP contribution in [0.2, 0.25) is 0 Å². The summed E-state index contributed by atoms with van der Waals surface area (Å²) in [4.78, 5) is 3.78. The lowest BCUT2D eigenvalue weighted by Crippen LogP contribution is -2.20. The van der Waals surface area contributed by atoms with Crippen molar-refractivity contribution in [1.82, 2.24) is 9.55 Å². The van der Waals surface area contributed by atoms with Gasteiger partial charge in [-0.3, -0.25) is 0 Å². The van der Waals surface area contributed by atoms with Crippen LogP contribution in [0.25, 0.3) is 11.0 Å². The van der Waals surface area contributed by atoms with Crippen molar-refractivity contribution >= 4 is 16.7 Å². The lowest BCUT2D eigenvalue weighted by Gasteiger charge is -2.21. The van der Waals surface area contributed by atoms with Gasteiger partial charge in [-0.2, -0.15) is 13.2 Å². The maximum Gasteiger partial charge on any atom is 0.449 e. The minimum atomic E-state index is -4.45. The summed E-state index contributed by atoms with van der Waals surface area (Å²) in [6.45, 7) is 2.00. The second-order valence-electron chi connectivity index (χ2n) is 5.53. The van der Waals surface area contributed by atoms with Gasteiger partial charge in [-0.05, 0) is 37.0 Å². The summed E-state index contributed by atoms with van der Waals surface area (Å²) in [5.74, 6) is -0.581. The van der Waals surface area contributed by atoms with Gasteiger partial charge in [-0.15, -0.1) is 0 Å². The topological polar surface area (TPSA) is 43.8 Å². The minimum Gasteiger partial charge on any atom is -0.399 e. The third-order valence-corrected chi connectivity index (χ3v) is 4.11. The Balaban J connectivity index is 2.26. The zero-order valence-electron chi connectivity index (χ0n) is 11.1. The number of halogens is 3. The minimum absolute atomic E-state index is 0.139. The molecule has 0 spiro atoms. The first-order valence-corrected chi connectivity index (χ1v) is 6.72. The molecule has 0 amide bonds.